The molecule has 0 aliphatic carbocycles. The summed E-state index contributed by atoms with van der Waals surface area (Å²) in [6.07, 6.45) is 1.55. The van der Waals surface area contributed by atoms with Gasteiger partial charge in [0, 0.05) is 22.7 Å². The van der Waals surface area contributed by atoms with Gasteiger partial charge in [-0.3, -0.25) is 9.59 Å². The number of hydrogen-bond acceptors (Lipinski definition) is 3. The fourth-order valence-corrected chi connectivity index (χ4v) is 2.21. The van der Waals surface area contributed by atoms with Crippen molar-refractivity contribution in [3.63, 3.8) is 0 Å². The van der Waals surface area contributed by atoms with Gasteiger partial charge < -0.3 is 4.98 Å². The van der Waals surface area contributed by atoms with Crippen LogP contribution in [0.15, 0.2) is 54.7 Å². The second kappa shape index (κ2) is 5.06. The van der Waals surface area contributed by atoms with Gasteiger partial charge in [0.25, 0.3) is 0 Å². The van der Waals surface area contributed by atoms with Crippen LogP contribution in [0, 0.1) is 11.3 Å². The highest BCUT2D eigenvalue weighted by molar-refractivity contribution is 6.50. The van der Waals surface area contributed by atoms with Crippen LogP contribution in [0.2, 0.25) is 0 Å². The van der Waals surface area contributed by atoms with Crippen molar-refractivity contribution in [1.82, 2.24) is 4.98 Å². The molecule has 0 bridgehead atoms. The van der Waals surface area contributed by atoms with E-state index in [0.29, 0.717) is 11.1 Å². The number of ketones is 2. The van der Waals surface area contributed by atoms with Crippen LogP contribution in [0.3, 0.4) is 0 Å². The maximum absolute atomic E-state index is 12.3. The SMILES string of the molecule is N#Cc1ccc(C(=O)C(=O)c2c[nH]c3ccccc23)cc1. The number of aromatic nitrogens is 1. The van der Waals surface area contributed by atoms with Gasteiger partial charge in [-0.15, -0.1) is 0 Å². The minimum atomic E-state index is -0.579. The van der Waals surface area contributed by atoms with E-state index in [-0.39, 0.29) is 5.56 Å². The molecule has 21 heavy (non-hydrogen) atoms. The van der Waals surface area contributed by atoms with Crippen LogP contribution >= 0.6 is 0 Å². The maximum Gasteiger partial charge on any atom is 0.235 e. The van der Waals surface area contributed by atoms with E-state index in [1.165, 1.54) is 24.3 Å². The first-order chi connectivity index (χ1) is 10.2. The van der Waals surface area contributed by atoms with Crippen molar-refractivity contribution in [2.45, 2.75) is 0 Å². The van der Waals surface area contributed by atoms with E-state index in [0.717, 1.165) is 10.9 Å². The number of benzene rings is 2. The van der Waals surface area contributed by atoms with Crippen molar-refractivity contribution in [2.24, 2.45) is 0 Å². The summed E-state index contributed by atoms with van der Waals surface area (Å²) in [5.74, 6) is -1.14. The van der Waals surface area contributed by atoms with Crippen LogP contribution < -0.4 is 0 Å². The fourth-order valence-electron chi connectivity index (χ4n) is 2.21. The summed E-state index contributed by atoms with van der Waals surface area (Å²) < 4.78 is 0. The predicted molar refractivity (Wildman–Crippen MR) is 78.1 cm³/mol. The van der Waals surface area contributed by atoms with Gasteiger partial charge in [0.05, 0.1) is 17.2 Å². The van der Waals surface area contributed by atoms with E-state index in [1.807, 2.05) is 24.3 Å². The zero-order valence-corrected chi connectivity index (χ0v) is 11.0. The summed E-state index contributed by atoms with van der Waals surface area (Å²) >= 11 is 0. The van der Waals surface area contributed by atoms with Crippen LogP contribution in [0.25, 0.3) is 10.9 Å². The molecule has 1 N–H and O–H groups in total. The number of hydrogen-bond donors (Lipinski definition) is 1. The number of nitrogens with zero attached hydrogens (tertiary/aromatic N) is 1. The van der Waals surface area contributed by atoms with E-state index < -0.39 is 11.6 Å². The molecule has 0 fully saturated rings. The minimum absolute atomic E-state index is 0.282. The van der Waals surface area contributed by atoms with Crippen LogP contribution in [0.5, 0.6) is 0 Å². The van der Waals surface area contributed by atoms with Crippen LogP contribution in [-0.4, -0.2) is 16.6 Å². The molecule has 4 heteroatoms. The first-order valence-corrected chi connectivity index (χ1v) is 6.36. The zero-order valence-electron chi connectivity index (χ0n) is 11.0. The molecule has 100 valence electrons. The Bertz CT molecular complexity index is 883. The van der Waals surface area contributed by atoms with Gasteiger partial charge in [-0.2, -0.15) is 5.26 Å². The van der Waals surface area contributed by atoms with E-state index >= 15 is 0 Å². The zero-order chi connectivity index (χ0) is 14.8. The number of rotatable bonds is 3. The highest BCUT2D eigenvalue weighted by Crippen LogP contribution is 2.19. The number of carbonyl (C=O) groups excluding carboxylic acids is 2. The molecule has 3 rings (SSSR count). The van der Waals surface area contributed by atoms with Crippen molar-refractivity contribution in [3.8, 4) is 6.07 Å². The highest BCUT2D eigenvalue weighted by Gasteiger charge is 2.21. The van der Waals surface area contributed by atoms with Gasteiger partial charge in [0.1, 0.15) is 0 Å². The predicted octanol–water partition coefficient (Wildman–Crippen LogP) is 3.11. The largest absolute Gasteiger partial charge is 0.360 e. The van der Waals surface area contributed by atoms with E-state index in [4.69, 9.17) is 5.26 Å². The third-order valence-electron chi connectivity index (χ3n) is 3.32. The third kappa shape index (κ3) is 2.21. The average molecular weight is 274 g/mol. The normalized spacial score (nSPS) is 10.2. The number of para-hydroxylation sites is 1. The van der Waals surface area contributed by atoms with Crippen LogP contribution in [0.4, 0.5) is 0 Å². The van der Waals surface area contributed by atoms with Gasteiger partial charge in [0.2, 0.25) is 11.6 Å². The molecule has 2 aromatic carbocycles. The number of H-pyrrole nitrogens is 1. The Morgan fingerprint density at radius 1 is 0.952 bits per heavy atom. The molecule has 0 radical (unpaired) electrons. The Labute approximate surface area is 120 Å². The molecule has 0 saturated heterocycles. The summed E-state index contributed by atoms with van der Waals surface area (Å²) in [5, 5.41) is 9.47. The van der Waals surface area contributed by atoms with Crippen LogP contribution in [0.1, 0.15) is 26.3 Å². The molecule has 1 aromatic heterocycles. The minimum Gasteiger partial charge on any atom is -0.360 e. The molecule has 0 saturated carbocycles. The second-order valence-corrected chi connectivity index (χ2v) is 4.60. The molecule has 1 heterocycles. The van der Waals surface area contributed by atoms with Gasteiger partial charge in [-0.25, -0.2) is 0 Å². The highest BCUT2D eigenvalue weighted by atomic mass is 16.2. The third-order valence-corrected chi connectivity index (χ3v) is 3.32. The first-order valence-electron chi connectivity index (χ1n) is 6.36. The Kier molecular flexibility index (Phi) is 3.09. The lowest BCUT2D eigenvalue weighted by molar-refractivity contribution is 0.0818. The molecule has 0 aliphatic rings. The molecule has 0 spiro atoms. The molecule has 0 amide bonds. The molecule has 3 aromatic rings. The molecule has 4 nitrogen and oxygen atoms in total. The van der Waals surface area contributed by atoms with Crippen molar-refractivity contribution in [3.05, 3.63) is 71.4 Å². The Hall–Kier alpha value is -3.19. The molecule has 0 aliphatic heterocycles. The number of carbonyl (C=O) groups is 2. The average Bonchev–Trinajstić information content (AvgIpc) is 2.97. The number of nitriles is 1. The quantitative estimate of drug-likeness (QED) is 0.589. The van der Waals surface area contributed by atoms with Gasteiger partial charge in [-0.1, -0.05) is 18.2 Å². The second-order valence-electron chi connectivity index (χ2n) is 4.60. The summed E-state index contributed by atoms with van der Waals surface area (Å²) in [6.45, 7) is 0. The number of fused-ring (bicyclic) bond motifs is 1. The number of aromatic amines is 1. The van der Waals surface area contributed by atoms with E-state index in [9.17, 15) is 9.59 Å². The monoisotopic (exact) mass is 274 g/mol. The smallest absolute Gasteiger partial charge is 0.235 e. The van der Waals surface area contributed by atoms with Crippen LogP contribution in [-0.2, 0) is 0 Å². The lowest BCUT2D eigenvalue weighted by Gasteiger charge is -2.00. The summed E-state index contributed by atoms with van der Waals surface area (Å²) in [7, 11) is 0. The van der Waals surface area contributed by atoms with E-state index in [2.05, 4.69) is 4.98 Å². The lowest BCUT2D eigenvalue weighted by atomic mass is 10.0. The molecule has 0 atom stereocenters. The van der Waals surface area contributed by atoms with Crippen molar-refractivity contribution < 1.29 is 9.59 Å². The van der Waals surface area contributed by atoms with Gasteiger partial charge in [-0.05, 0) is 30.3 Å². The standard InChI is InChI=1S/C17H10N2O2/c18-9-11-5-7-12(8-6-11)16(20)17(21)14-10-19-15-4-2-1-3-13(14)15/h1-8,10,19H. The maximum atomic E-state index is 12.3. The van der Waals surface area contributed by atoms with Crippen molar-refractivity contribution in [1.29, 1.82) is 5.26 Å². The summed E-state index contributed by atoms with van der Waals surface area (Å²) in [6, 6.07) is 15.3. The molecular formula is C17H10N2O2. The van der Waals surface area contributed by atoms with Crippen molar-refractivity contribution in [2.75, 3.05) is 0 Å². The topological polar surface area (TPSA) is 73.7 Å². The Balaban J connectivity index is 1.97. The molecular weight excluding hydrogens is 264 g/mol. The lowest BCUT2D eigenvalue weighted by Crippen LogP contribution is -2.14. The molecule has 0 unspecified atom stereocenters. The fraction of sp³-hybridized carbons (Fsp3) is 0. The summed E-state index contributed by atoms with van der Waals surface area (Å²) in [4.78, 5) is 27.6. The van der Waals surface area contributed by atoms with Gasteiger partial charge >= 0.3 is 0 Å². The number of nitrogens with one attached hydrogen (secondary N) is 1. The summed E-state index contributed by atoms with van der Waals surface area (Å²) in [5.41, 5.74) is 1.91. The first kappa shape index (κ1) is 12.8. The number of Topliss-reactive ketones (excluding diaryl/α,β-unsaturated/α-hetero) is 2. The van der Waals surface area contributed by atoms with Gasteiger partial charge in [0.15, 0.2) is 0 Å². The Morgan fingerprint density at radius 2 is 1.67 bits per heavy atom. The Morgan fingerprint density at radius 3 is 2.38 bits per heavy atom. The van der Waals surface area contributed by atoms with E-state index in [1.54, 1.807) is 12.3 Å². The van der Waals surface area contributed by atoms with Crippen molar-refractivity contribution >= 4 is 22.5 Å².